The lowest BCUT2D eigenvalue weighted by Gasteiger charge is -2.24. The first-order valence-corrected chi connectivity index (χ1v) is 12.8. The highest BCUT2D eigenvalue weighted by atomic mass is 16.6. The first kappa shape index (κ1) is 34.9. The third kappa shape index (κ3) is 19.6. The topological polar surface area (TPSA) is 186 Å². The Bertz CT molecular complexity index is 677. The lowest BCUT2D eigenvalue weighted by Crippen LogP contribution is -2.35. The molecule has 0 aliphatic heterocycles. The average Bonchev–Trinajstić information content (AvgIpc) is 2.80. The second kappa shape index (κ2) is 19.9. The molecule has 12 heteroatoms. The van der Waals surface area contributed by atoms with Crippen molar-refractivity contribution in [3.63, 3.8) is 0 Å². The normalized spacial score (nSPS) is 13.3. The molecule has 0 amide bonds. The molecule has 2 atom stereocenters. The second-order valence-electron chi connectivity index (χ2n) is 9.23. The smallest absolute Gasteiger partial charge is 0.306 e. The molecule has 216 valence electrons. The molecular weight excluding hydrogens is 492 g/mol. The van der Waals surface area contributed by atoms with E-state index in [1.807, 2.05) is 6.92 Å². The molecule has 0 aromatic heterocycles. The van der Waals surface area contributed by atoms with Crippen LogP contribution in [0.1, 0.15) is 91.4 Å². The highest BCUT2D eigenvalue weighted by Crippen LogP contribution is 2.17. The van der Waals surface area contributed by atoms with Crippen LogP contribution >= 0.6 is 0 Å². The zero-order valence-corrected chi connectivity index (χ0v) is 22.2. The van der Waals surface area contributed by atoms with Crippen molar-refractivity contribution in [1.82, 2.24) is 0 Å². The van der Waals surface area contributed by atoms with Crippen LogP contribution in [-0.2, 0) is 38.1 Å². The van der Waals surface area contributed by atoms with Crippen molar-refractivity contribution in [2.75, 3.05) is 19.8 Å². The average molecular weight is 537 g/mol. The SMILES string of the molecule is CCCCOC(C)(C)C(=O)CCCC(O)OCC(COC(=O)CCCC(=O)O)OC(=O)CCCC(O)O. The van der Waals surface area contributed by atoms with E-state index < -0.39 is 42.2 Å². The van der Waals surface area contributed by atoms with Crippen molar-refractivity contribution in [3.8, 4) is 0 Å². The van der Waals surface area contributed by atoms with Gasteiger partial charge in [-0.2, -0.15) is 0 Å². The Morgan fingerprint density at radius 2 is 1.46 bits per heavy atom. The largest absolute Gasteiger partial charge is 0.481 e. The highest BCUT2D eigenvalue weighted by Gasteiger charge is 2.27. The number of aliphatic carboxylic acids is 1. The molecule has 0 radical (unpaired) electrons. The third-order valence-electron chi connectivity index (χ3n) is 5.30. The van der Waals surface area contributed by atoms with Gasteiger partial charge in [-0.3, -0.25) is 19.2 Å². The van der Waals surface area contributed by atoms with E-state index in [0.717, 1.165) is 12.8 Å². The van der Waals surface area contributed by atoms with Gasteiger partial charge in [-0.15, -0.1) is 0 Å². The van der Waals surface area contributed by atoms with Gasteiger partial charge in [-0.1, -0.05) is 13.3 Å². The van der Waals surface area contributed by atoms with Crippen molar-refractivity contribution in [2.45, 2.75) is 116 Å². The van der Waals surface area contributed by atoms with E-state index in [2.05, 4.69) is 0 Å². The number of Topliss-reactive ketones (excluding diaryl/α,β-unsaturated/α-hetero) is 1. The summed E-state index contributed by atoms with van der Waals surface area (Å²) in [5.41, 5.74) is -0.916. The zero-order chi connectivity index (χ0) is 28.3. The number of carboxylic acids is 1. The minimum atomic E-state index is -1.55. The van der Waals surface area contributed by atoms with Crippen molar-refractivity contribution >= 4 is 23.7 Å². The monoisotopic (exact) mass is 536 g/mol. The maximum Gasteiger partial charge on any atom is 0.306 e. The Balaban J connectivity index is 4.62. The van der Waals surface area contributed by atoms with Gasteiger partial charge in [0.15, 0.2) is 24.5 Å². The predicted octanol–water partition coefficient (Wildman–Crippen LogP) is 1.85. The molecule has 0 spiro atoms. The number of ketones is 1. The summed E-state index contributed by atoms with van der Waals surface area (Å²) in [5, 5.41) is 36.5. The van der Waals surface area contributed by atoms with Crippen LogP contribution in [0, 0.1) is 0 Å². The highest BCUT2D eigenvalue weighted by molar-refractivity contribution is 5.86. The number of aliphatic hydroxyl groups is 3. The van der Waals surface area contributed by atoms with Crippen LogP contribution in [0.4, 0.5) is 0 Å². The van der Waals surface area contributed by atoms with Gasteiger partial charge in [0.25, 0.3) is 0 Å². The Hall–Kier alpha value is -2.12. The molecular formula is C25H44O12. The lowest BCUT2D eigenvalue weighted by molar-refractivity contribution is -0.174. The lowest BCUT2D eigenvalue weighted by atomic mass is 9.98. The molecule has 0 fully saturated rings. The number of rotatable bonds is 23. The van der Waals surface area contributed by atoms with Crippen molar-refractivity contribution < 1.29 is 58.6 Å². The molecule has 4 N–H and O–H groups in total. The minimum absolute atomic E-state index is 0.0211. The van der Waals surface area contributed by atoms with Gasteiger partial charge in [0.2, 0.25) is 0 Å². The number of hydrogen-bond acceptors (Lipinski definition) is 11. The van der Waals surface area contributed by atoms with Crippen LogP contribution in [-0.4, -0.2) is 88.2 Å². The summed E-state index contributed by atoms with van der Waals surface area (Å²) in [6, 6.07) is 0. The number of aliphatic hydroxyl groups excluding tert-OH is 2. The summed E-state index contributed by atoms with van der Waals surface area (Å²) in [7, 11) is 0. The van der Waals surface area contributed by atoms with E-state index in [0.29, 0.717) is 13.0 Å². The number of carboxylic acid groups (broad SMARTS) is 1. The van der Waals surface area contributed by atoms with Crippen molar-refractivity contribution in [2.24, 2.45) is 0 Å². The number of carbonyl (C=O) groups excluding carboxylic acids is 3. The van der Waals surface area contributed by atoms with Crippen molar-refractivity contribution in [3.05, 3.63) is 0 Å². The third-order valence-corrected chi connectivity index (χ3v) is 5.30. The molecule has 0 aromatic carbocycles. The second-order valence-corrected chi connectivity index (χ2v) is 9.23. The number of carbonyl (C=O) groups is 4. The molecule has 37 heavy (non-hydrogen) atoms. The molecule has 0 saturated carbocycles. The fraction of sp³-hybridized carbons (Fsp3) is 0.840. The first-order chi connectivity index (χ1) is 17.4. The summed E-state index contributed by atoms with van der Waals surface area (Å²) in [4.78, 5) is 46.8. The molecule has 0 rings (SSSR count). The van der Waals surface area contributed by atoms with E-state index in [4.69, 9.17) is 34.3 Å². The molecule has 0 aliphatic rings. The van der Waals surface area contributed by atoms with Crippen LogP contribution in [0.15, 0.2) is 0 Å². The Morgan fingerprint density at radius 1 is 0.811 bits per heavy atom. The van der Waals surface area contributed by atoms with Gasteiger partial charge in [0.05, 0.1) is 6.61 Å². The summed E-state index contributed by atoms with van der Waals surface area (Å²) in [5.74, 6) is -2.48. The molecule has 0 aliphatic carbocycles. The number of esters is 2. The van der Waals surface area contributed by atoms with Crippen LogP contribution in [0.3, 0.4) is 0 Å². The molecule has 0 heterocycles. The summed E-state index contributed by atoms with van der Waals surface area (Å²) in [6.45, 7) is 5.28. The van der Waals surface area contributed by atoms with E-state index >= 15 is 0 Å². The molecule has 2 unspecified atom stereocenters. The Morgan fingerprint density at radius 3 is 2.08 bits per heavy atom. The maximum atomic E-state index is 12.4. The van der Waals surface area contributed by atoms with Gasteiger partial charge in [-0.25, -0.2) is 0 Å². The molecule has 12 nitrogen and oxygen atoms in total. The number of hydrogen-bond donors (Lipinski definition) is 4. The van der Waals surface area contributed by atoms with Crippen LogP contribution in [0.2, 0.25) is 0 Å². The quantitative estimate of drug-likeness (QED) is 0.0844. The van der Waals surface area contributed by atoms with Gasteiger partial charge >= 0.3 is 17.9 Å². The Labute approximate surface area is 218 Å². The Kier molecular flexibility index (Phi) is 18.8. The number of unbranched alkanes of at least 4 members (excludes halogenated alkanes) is 1. The van der Waals surface area contributed by atoms with E-state index in [9.17, 15) is 24.3 Å². The molecule has 0 saturated heterocycles. The summed E-state index contributed by atoms with van der Waals surface area (Å²) < 4.78 is 21.2. The fourth-order valence-corrected chi connectivity index (χ4v) is 3.02. The van der Waals surface area contributed by atoms with Crippen LogP contribution in [0.5, 0.6) is 0 Å². The van der Waals surface area contributed by atoms with Gasteiger partial charge < -0.3 is 39.4 Å². The molecule has 0 bridgehead atoms. The van der Waals surface area contributed by atoms with Gasteiger partial charge in [0, 0.05) is 32.3 Å². The zero-order valence-electron chi connectivity index (χ0n) is 22.2. The molecule has 0 aromatic rings. The summed E-state index contributed by atoms with van der Waals surface area (Å²) in [6.07, 6.45) is -1.56. The van der Waals surface area contributed by atoms with Crippen LogP contribution < -0.4 is 0 Å². The van der Waals surface area contributed by atoms with Crippen LogP contribution in [0.25, 0.3) is 0 Å². The first-order valence-electron chi connectivity index (χ1n) is 12.8. The maximum absolute atomic E-state index is 12.4. The van der Waals surface area contributed by atoms with E-state index in [1.54, 1.807) is 13.8 Å². The predicted molar refractivity (Wildman–Crippen MR) is 130 cm³/mol. The fourth-order valence-electron chi connectivity index (χ4n) is 3.02. The van der Waals surface area contributed by atoms with E-state index in [-0.39, 0.29) is 70.4 Å². The van der Waals surface area contributed by atoms with Gasteiger partial charge in [-0.05, 0) is 52.4 Å². The summed E-state index contributed by atoms with van der Waals surface area (Å²) >= 11 is 0. The van der Waals surface area contributed by atoms with E-state index in [1.165, 1.54) is 0 Å². The van der Waals surface area contributed by atoms with Crippen molar-refractivity contribution in [1.29, 1.82) is 0 Å². The number of ether oxygens (including phenoxy) is 4. The van der Waals surface area contributed by atoms with Gasteiger partial charge in [0.1, 0.15) is 12.2 Å². The standard InChI is InChI=1S/C25H44O12/c1-4-5-15-36-25(2,3)19(26)9-6-12-22(31)34-16-18(37-24(33)14-8-11-21(29)30)17-35-23(32)13-7-10-20(27)28/h18,21-22,29-31H,4-17H2,1-3H3,(H,27,28). The minimum Gasteiger partial charge on any atom is -0.481 e.